The maximum Gasteiger partial charge on any atom is 0.335 e. The monoisotopic (exact) mass is 255 g/mol. The molecule has 0 spiro atoms. The number of carbonyl (C=O) groups excluding carboxylic acids is 1. The summed E-state index contributed by atoms with van der Waals surface area (Å²) < 4.78 is 10.9. The lowest BCUT2D eigenvalue weighted by atomic mass is 9.83. The van der Waals surface area contributed by atoms with Crippen molar-refractivity contribution in [1.82, 2.24) is 0 Å². The fraction of sp³-hybridized carbons (Fsp3) is 0.929. The van der Waals surface area contributed by atoms with E-state index in [1.54, 1.807) is 0 Å². The molecule has 18 heavy (non-hydrogen) atoms. The Kier molecular flexibility index (Phi) is 5.01. The van der Waals surface area contributed by atoms with Crippen LogP contribution in [0.5, 0.6) is 0 Å². The van der Waals surface area contributed by atoms with Crippen molar-refractivity contribution in [3.8, 4) is 0 Å². The maximum absolute atomic E-state index is 11.8. The van der Waals surface area contributed by atoms with Crippen molar-refractivity contribution >= 4 is 5.97 Å². The molecule has 0 radical (unpaired) electrons. The van der Waals surface area contributed by atoms with Crippen LogP contribution in [0.3, 0.4) is 0 Å². The number of hydrogen-bond acceptors (Lipinski definition) is 4. The molecule has 4 unspecified atom stereocenters. The van der Waals surface area contributed by atoms with Crippen LogP contribution in [0, 0.1) is 11.8 Å². The largest absolute Gasteiger partial charge is 0.463 e. The molecule has 1 aliphatic carbocycles. The molecule has 2 N–H and O–H groups in total. The number of esters is 1. The van der Waals surface area contributed by atoms with E-state index in [9.17, 15) is 4.79 Å². The second-order valence-corrected chi connectivity index (χ2v) is 5.83. The zero-order valence-electron chi connectivity index (χ0n) is 11.3. The minimum Gasteiger partial charge on any atom is -0.463 e. The molecule has 0 aromatic rings. The molecule has 4 atom stereocenters. The summed E-state index contributed by atoms with van der Waals surface area (Å²) in [6.07, 6.45) is 6.24. The van der Waals surface area contributed by atoms with Gasteiger partial charge in [-0.05, 0) is 37.5 Å². The summed E-state index contributed by atoms with van der Waals surface area (Å²) in [6, 6.07) is 0. The molecule has 1 saturated heterocycles. The summed E-state index contributed by atoms with van der Waals surface area (Å²) in [5, 5.41) is 0. The molecule has 2 aliphatic rings. The molecule has 0 amide bonds. The summed E-state index contributed by atoms with van der Waals surface area (Å²) in [6.45, 7) is 3.33. The van der Waals surface area contributed by atoms with E-state index in [4.69, 9.17) is 15.2 Å². The normalized spacial score (nSPS) is 36.6. The first-order valence-electron chi connectivity index (χ1n) is 7.21. The Bertz CT molecular complexity index is 282. The number of ether oxygens (including phenoxy) is 2. The molecule has 1 aliphatic heterocycles. The van der Waals surface area contributed by atoms with Crippen LogP contribution in [0.1, 0.15) is 45.4 Å². The Morgan fingerprint density at radius 2 is 2.17 bits per heavy atom. The van der Waals surface area contributed by atoms with Crippen molar-refractivity contribution in [2.75, 3.05) is 13.2 Å². The quantitative estimate of drug-likeness (QED) is 0.779. The van der Waals surface area contributed by atoms with Crippen LogP contribution < -0.4 is 5.73 Å². The zero-order chi connectivity index (χ0) is 13.0. The Balaban J connectivity index is 1.68. The van der Waals surface area contributed by atoms with Gasteiger partial charge in [0.25, 0.3) is 0 Å². The van der Waals surface area contributed by atoms with Crippen molar-refractivity contribution in [3.63, 3.8) is 0 Å². The Morgan fingerprint density at radius 1 is 1.33 bits per heavy atom. The molecule has 4 nitrogen and oxygen atoms in total. The molecule has 4 heteroatoms. The van der Waals surface area contributed by atoms with Gasteiger partial charge in [0.15, 0.2) is 6.10 Å². The topological polar surface area (TPSA) is 61.5 Å². The Morgan fingerprint density at radius 3 is 2.83 bits per heavy atom. The summed E-state index contributed by atoms with van der Waals surface area (Å²) in [5.74, 6) is 1.13. The summed E-state index contributed by atoms with van der Waals surface area (Å²) in [4.78, 5) is 11.8. The van der Waals surface area contributed by atoms with Gasteiger partial charge in [-0.2, -0.15) is 0 Å². The molecule has 0 aromatic heterocycles. The Hall–Kier alpha value is -0.610. The highest BCUT2D eigenvalue weighted by Gasteiger charge is 2.31. The fourth-order valence-corrected chi connectivity index (χ4v) is 3.06. The summed E-state index contributed by atoms with van der Waals surface area (Å²) >= 11 is 0. The highest BCUT2D eigenvalue weighted by molar-refractivity contribution is 5.75. The molecule has 1 saturated carbocycles. The fourth-order valence-electron chi connectivity index (χ4n) is 3.06. The van der Waals surface area contributed by atoms with Crippen LogP contribution in [-0.2, 0) is 14.3 Å². The third kappa shape index (κ3) is 3.69. The van der Waals surface area contributed by atoms with E-state index in [1.165, 1.54) is 25.7 Å². The van der Waals surface area contributed by atoms with Crippen LogP contribution in [0.15, 0.2) is 0 Å². The van der Waals surface area contributed by atoms with Gasteiger partial charge in [0.2, 0.25) is 0 Å². The number of rotatable bonds is 4. The number of nitrogens with two attached hydrogens (primary N) is 1. The van der Waals surface area contributed by atoms with E-state index in [0.29, 0.717) is 19.1 Å². The van der Waals surface area contributed by atoms with Crippen LogP contribution >= 0.6 is 0 Å². The van der Waals surface area contributed by atoms with Crippen LogP contribution in [0.25, 0.3) is 0 Å². The van der Waals surface area contributed by atoms with Crippen LogP contribution in [0.4, 0.5) is 0 Å². The summed E-state index contributed by atoms with van der Waals surface area (Å²) in [5.41, 5.74) is 5.53. The minimum atomic E-state index is -0.375. The van der Waals surface area contributed by atoms with Crippen LogP contribution in [0.2, 0.25) is 0 Å². The highest BCUT2D eigenvalue weighted by atomic mass is 16.6. The van der Waals surface area contributed by atoms with Gasteiger partial charge in [-0.1, -0.05) is 19.8 Å². The average Bonchev–Trinajstić information content (AvgIpc) is 2.85. The van der Waals surface area contributed by atoms with E-state index >= 15 is 0 Å². The van der Waals surface area contributed by atoms with E-state index < -0.39 is 0 Å². The first-order valence-corrected chi connectivity index (χ1v) is 7.21. The lowest BCUT2D eigenvalue weighted by Crippen LogP contribution is -2.29. The van der Waals surface area contributed by atoms with Crippen molar-refractivity contribution in [2.45, 2.75) is 57.7 Å². The molecule has 1 heterocycles. The van der Waals surface area contributed by atoms with Crippen molar-refractivity contribution in [3.05, 3.63) is 0 Å². The van der Waals surface area contributed by atoms with Gasteiger partial charge in [0.1, 0.15) is 0 Å². The Labute approximate surface area is 109 Å². The van der Waals surface area contributed by atoms with E-state index in [1.807, 2.05) is 0 Å². The second-order valence-electron chi connectivity index (χ2n) is 5.83. The van der Waals surface area contributed by atoms with E-state index in [-0.39, 0.29) is 18.2 Å². The molecular weight excluding hydrogens is 230 g/mol. The number of carbonyl (C=O) groups is 1. The molecule has 0 aromatic carbocycles. The van der Waals surface area contributed by atoms with Gasteiger partial charge in [0, 0.05) is 6.54 Å². The first-order chi connectivity index (χ1) is 8.69. The van der Waals surface area contributed by atoms with Gasteiger partial charge < -0.3 is 15.2 Å². The van der Waals surface area contributed by atoms with Gasteiger partial charge in [0.05, 0.1) is 12.7 Å². The second kappa shape index (κ2) is 6.53. The molecule has 104 valence electrons. The molecule has 0 bridgehead atoms. The van der Waals surface area contributed by atoms with Gasteiger partial charge in [-0.3, -0.25) is 0 Å². The SMILES string of the molecule is CC1CCCC(COC(=O)C2CCC(CN)O2)C1. The van der Waals surface area contributed by atoms with E-state index in [0.717, 1.165) is 18.8 Å². The third-order valence-electron chi connectivity index (χ3n) is 4.14. The predicted molar refractivity (Wildman–Crippen MR) is 69.0 cm³/mol. The van der Waals surface area contributed by atoms with Gasteiger partial charge in [-0.25, -0.2) is 4.79 Å². The average molecular weight is 255 g/mol. The lowest BCUT2D eigenvalue weighted by Gasteiger charge is -2.26. The smallest absolute Gasteiger partial charge is 0.335 e. The molecule has 2 fully saturated rings. The van der Waals surface area contributed by atoms with Gasteiger partial charge in [-0.15, -0.1) is 0 Å². The van der Waals surface area contributed by atoms with Crippen molar-refractivity contribution < 1.29 is 14.3 Å². The van der Waals surface area contributed by atoms with Crippen LogP contribution in [-0.4, -0.2) is 31.3 Å². The lowest BCUT2D eigenvalue weighted by molar-refractivity contribution is -0.158. The minimum absolute atomic E-state index is 0.0391. The van der Waals surface area contributed by atoms with Gasteiger partial charge >= 0.3 is 5.97 Å². The first kappa shape index (κ1) is 13.8. The van der Waals surface area contributed by atoms with E-state index in [2.05, 4.69) is 6.92 Å². The zero-order valence-corrected chi connectivity index (χ0v) is 11.3. The third-order valence-corrected chi connectivity index (χ3v) is 4.14. The van der Waals surface area contributed by atoms with Crippen molar-refractivity contribution in [2.24, 2.45) is 17.6 Å². The summed E-state index contributed by atoms with van der Waals surface area (Å²) in [7, 11) is 0. The maximum atomic E-state index is 11.8. The number of hydrogen-bond donors (Lipinski definition) is 1. The standard InChI is InChI=1S/C14H25NO3/c1-10-3-2-4-11(7-10)9-17-14(16)13-6-5-12(8-15)18-13/h10-13H,2-9,15H2,1H3. The highest BCUT2D eigenvalue weighted by Crippen LogP contribution is 2.29. The predicted octanol–water partition coefficient (Wildman–Crippen LogP) is 1.86. The molecule has 2 rings (SSSR count). The molecular formula is C14H25NO3. The van der Waals surface area contributed by atoms with Crippen molar-refractivity contribution in [1.29, 1.82) is 0 Å².